The number of nitrogens with zero attached hydrogens (tertiary/aromatic N) is 1. The predicted octanol–water partition coefficient (Wildman–Crippen LogP) is 0.191. The fourth-order valence-electron chi connectivity index (χ4n) is 2.11. The predicted molar refractivity (Wildman–Crippen MR) is 61.1 cm³/mol. The van der Waals surface area contributed by atoms with E-state index in [4.69, 9.17) is 5.11 Å². The molecule has 3 N–H and O–H groups in total. The van der Waals surface area contributed by atoms with Crippen LogP contribution in [0.1, 0.15) is 16.8 Å². The Kier molecular flexibility index (Phi) is 3.39. The number of aliphatic carboxylic acids is 1. The van der Waals surface area contributed by atoms with Gasteiger partial charge in [-0.1, -0.05) is 0 Å². The van der Waals surface area contributed by atoms with Crippen molar-refractivity contribution < 1.29 is 29.3 Å². The number of halogens is 1. The van der Waals surface area contributed by atoms with Crippen molar-refractivity contribution in [1.29, 1.82) is 0 Å². The van der Waals surface area contributed by atoms with Gasteiger partial charge >= 0.3 is 5.97 Å². The van der Waals surface area contributed by atoms with Crippen LogP contribution in [0.5, 0.6) is 5.75 Å². The molecular weight excluding hydrogens is 257 g/mol. The Balaban J connectivity index is 2.30. The Hall–Kier alpha value is -2.15. The van der Waals surface area contributed by atoms with Crippen LogP contribution in [0, 0.1) is 5.82 Å². The van der Waals surface area contributed by atoms with Crippen LogP contribution in [0.4, 0.5) is 4.39 Å². The number of benzene rings is 1. The van der Waals surface area contributed by atoms with Crippen LogP contribution in [0.15, 0.2) is 18.2 Å². The summed E-state index contributed by atoms with van der Waals surface area (Å²) in [6.07, 6.45) is -0.990. The Labute approximate surface area is 107 Å². The minimum absolute atomic E-state index is 0.0664. The van der Waals surface area contributed by atoms with Gasteiger partial charge in [0.2, 0.25) is 0 Å². The van der Waals surface area contributed by atoms with Crippen LogP contribution in [0.3, 0.4) is 0 Å². The number of aromatic hydroxyl groups is 1. The van der Waals surface area contributed by atoms with Crippen LogP contribution in [0.25, 0.3) is 0 Å². The molecule has 1 amide bonds. The lowest BCUT2D eigenvalue weighted by Crippen LogP contribution is -2.40. The number of carbonyl (C=O) groups is 2. The normalized spacial score (nSPS) is 22.5. The van der Waals surface area contributed by atoms with Gasteiger partial charge in [-0.2, -0.15) is 0 Å². The number of aliphatic hydroxyl groups excluding tert-OH is 1. The van der Waals surface area contributed by atoms with E-state index in [9.17, 15) is 24.2 Å². The van der Waals surface area contributed by atoms with E-state index < -0.39 is 35.6 Å². The average molecular weight is 269 g/mol. The van der Waals surface area contributed by atoms with Crippen LogP contribution in [-0.4, -0.2) is 50.8 Å². The lowest BCUT2D eigenvalue weighted by Gasteiger charge is -2.21. The van der Waals surface area contributed by atoms with Gasteiger partial charge in [-0.05, 0) is 12.1 Å². The van der Waals surface area contributed by atoms with E-state index in [2.05, 4.69) is 0 Å². The highest BCUT2D eigenvalue weighted by atomic mass is 19.1. The lowest BCUT2D eigenvalue weighted by atomic mass is 10.1. The number of phenols is 1. The summed E-state index contributed by atoms with van der Waals surface area (Å²) >= 11 is 0. The smallest absolute Gasteiger partial charge is 0.326 e. The van der Waals surface area contributed by atoms with Gasteiger partial charge in [0.1, 0.15) is 17.6 Å². The molecule has 1 aromatic rings. The highest BCUT2D eigenvalue weighted by molar-refractivity contribution is 5.99. The molecule has 1 aliphatic heterocycles. The summed E-state index contributed by atoms with van der Waals surface area (Å²) in [7, 11) is 0. The molecule has 0 aliphatic carbocycles. The average Bonchev–Trinajstić information content (AvgIpc) is 2.70. The Bertz CT molecular complexity index is 533. The summed E-state index contributed by atoms with van der Waals surface area (Å²) in [6.45, 7) is -0.132. The second kappa shape index (κ2) is 4.85. The molecule has 1 aliphatic rings. The second-order valence-electron chi connectivity index (χ2n) is 4.36. The number of phenolic OH excluding ortho intramolecular Hbond substituents is 1. The number of carbonyl (C=O) groups excluding carboxylic acids is 1. The zero-order valence-electron chi connectivity index (χ0n) is 9.78. The fourth-order valence-corrected chi connectivity index (χ4v) is 2.11. The number of hydrogen-bond donors (Lipinski definition) is 3. The van der Waals surface area contributed by atoms with Crippen molar-refractivity contribution in [3.63, 3.8) is 0 Å². The molecule has 1 aromatic carbocycles. The van der Waals surface area contributed by atoms with Crippen LogP contribution in [-0.2, 0) is 4.79 Å². The molecule has 0 saturated carbocycles. The lowest BCUT2D eigenvalue weighted by molar-refractivity contribution is -0.141. The number of hydrogen-bond acceptors (Lipinski definition) is 4. The summed E-state index contributed by atoms with van der Waals surface area (Å²) < 4.78 is 12.8. The summed E-state index contributed by atoms with van der Waals surface area (Å²) in [5.74, 6) is -3.24. The maximum absolute atomic E-state index is 12.8. The quantitative estimate of drug-likeness (QED) is 0.712. The summed E-state index contributed by atoms with van der Waals surface area (Å²) in [5, 5.41) is 27.9. The molecule has 7 heteroatoms. The molecule has 0 bridgehead atoms. The molecule has 0 spiro atoms. The number of amides is 1. The number of carboxylic acid groups (broad SMARTS) is 1. The molecule has 0 aromatic heterocycles. The molecule has 2 atom stereocenters. The highest BCUT2D eigenvalue weighted by Gasteiger charge is 2.39. The number of rotatable bonds is 2. The minimum atomic E-state index is -1.23. The summed E-state index contributed by atoms with van der Waals surface area (Å²) in [4.78, 5) is 24.1. The molecule has 0 radical (unpaired) electrons. The Morgan fingerprint density at radius 3 is 2.63 bits per heavy atom. The molecular formula is C12H12FNO5. The van der Waals surface area contributed by atoms with Crippen molar-refractivity contribution in [2.24, 2.45) is 0 Å². The molecule has 0 unspecified atom stereocenters. The van der Waals surface area contributed by atoms with Crippen molar-refractivity contribution in [3.05, 3.63) is 29.6 Å². The van der Waals surface area contributed by atoms with Gasteiger partial charge in [0.25, 0.3) is 5.91 Å². The first-order valence-corrected chi connectivity index (χ1v) is 5.60. The maximum Gasteiger partial charge on any atom is 0.326 e. The van der Waals surface area contributed by atoms with Crippen molar-refractivity contribution in [3.8, 4) is 5.75 Å². The minimum Gasteiger partial charge on any atom is -0.507 e. The summed E-state index contributed by atoms with van der Waals surface area (Å²) in [5.41, 5.74) is -0.193. The number of aliphatic hydroxyl groups is 1. The van der Waals surface area contributed by atoms with Crippen molar-refractivity contribution in [2.75, 3.05) is 6.54 Å². The maximum atomic E-state index is 12.8. The second-order valence-corrected chi connectivity index (χ2v) is 4.36. The SMILES string of the molecule is O=C(O)[C@H]1C[C@@H](O)CN1C(=O)c1ccc(F)cc1O. The van der Waals surface area contributed by atoms with E-state index >= 15 is 0 Å². The van der Waals surface area contributed by atoms with Gasteiger partial charge in [0.15, 0.2) is 0 Å². The van der Waals surface area contributed by atoms with E-state index in [-0.39, 0.29) is 18.5 Å². The first-order chi connectivity index (χ1) is 8.90. The van der Waals surface area contributed by atoms with Gasteiger partial charge in [-0.3, -0.25) is 4.79 Å². The van der Waals surface area contributed by atoms with Gasteiger partial charge in [0.05, 0.1) is 11.7 Å². The molecule has 102 valence electrons. The first kappa shape index (κ1) is 13.3. The first-order valence-electron chi connectivity index (χ1n) is 5.60. The number of β-amino-alcohol motifs (C(OH)–C–C–N with tert-alkyl or cyclic N) is 1. The third kappa shape index (κ3) is 2.50. The third-order valence-corrected chi connectivity index (χ3v) is 3.02. The van der Waals surface area contributed by atoms with Crippen molar-refractivity contribution >= 4 is 11.9 Å². The molecule has 1 heterocycles. The van der Waals surface area contributed by atoms with Gasteiger partial charge in [-0.15, -0.1) is 0 Å². The molecule has 1 saturated heterocycles. The third-order valence-electron chi connectivity index (χ3n) is 3.02. The van der Waals surface area contributed by atoms with Crippen molar-refractivity contribution in [2.45, 2.75) is 18.6 Å². The monoisotopic (exact) mass is 269 g/mol. The molecule has 2 rings (SSSR count). The van der Waals surface area contributed by atoms with Gasteiger partial charge in [-0.25, -0.2) is 9.18 Å². The Morgan fingerprint density at radius 1 is 1.37 bits per heavy atom. The standard InChI is InChI=1S/C12H12FNO5/c13-6-1-2-8(10(16)3-6)11(17)14-5-7(15)4-9(14)12(18)19/h1-3,7,9,15-16H,4-5H2,(H,18,19)/t7-,9-/m1/s1. The van der Waals surface area contributed by atoms with Gasteiger partial charge < -0.3 is 20.2 Å². The topological polar surface area (TPSA) is 98.1 Å². The van der Waals surface area contributed by atoms with Crippen LogP contribution >= 0.6 is 0 Å². The van der Waals surface area contributed by atoms with E-state index in [1.165, 1.54) is 0 Å². The van der Waals surface area contributed by atoms with Gasteiger partial charge in [0, 0.05) is 19.0 Å². The largest absolute Gasteiger partial charge is 0.507 e. The van der Waals surface area contributed by atoms with E-state index in [1.807, 2.05) is 0 Å². The molecule has 1 fully saturated rings. The summed E-state index contributed by atoms with van der Waals surface area (Å²) in [6, 6.07) is 1.70. The molecule has 6 nitrogen and oxygen atoms in total. The van der Waals surface area contributed by atoms with Crippen LogP contribution in [0.2, 0.25) is 0 Å². The van der Waals surface area contributed by atoms with E-state index in [0.717, 1.165) is 23.1 Å². The highest BCUT2D eigenvalue weighted by Crippen LogP contribution is 2.25. The zero-order valence-corrected chi connectivity index (χ0v) is 9.78. The van der Waals surface area contributed by atoms with E-state index in [1.54, 1.807) is 0 Å². The number of likely N-dealkylation sites (tertiary alicyclic amines) is 1. The zero-order chi connectivity index (χ0) is 14.2. The molecule has 19 heavy (non-hydrogen) atoms. The number of carboxylic acids is 1. The Morgan fingerprint density at radius 2 is 2.05 bits per heavy atom. The van der Waals surface area contributed by atoms with Crippen LogP contribution < -0.4 is 0 Å². The van der Waals surface area contributed by atoms with E-state index in [0.29, 0.717) is 0 Å². The fraction of sp³-hybridized carbons (Fsp3) is 0.333. The van der Waals surface area contributed by atoms with Crippen molar-refractivity contribution in [1.82, 2.24) is 4.90 Å².